The average molecular weight is 339 g/mol. The Labute approximate surface area is 128 Å². The van der Waals surface area contributed by atoms with E-state index >= 15 is 0 Å². The van der Waals surface area contributed by atoms with Crippen LogP contribution < -0.4 is 4.72 Å². The Hall–Kier alpha value is -0.370. The summed E-state index contributed by atoms with van der Waals surface area (Å²) in [7, 11) is -1.80. The minimum Gasteiger partial charge on any atom is -0.297 e. The van der Waals surface area contributed by atoms with Gasteiger partial charge in [0.2, 0.25) is 10.0 Å². The molecule has 0 radical (unpaired) electrons. The van der Waals surface area contributed by atoms with Crippen molar-refractivity contribution in [3.05, 3.63) is 33.8 Å². The van der Waals surface area contributed by atoms with Crippen molar-refractivity contribution in [2.75, 3.05) is 20.2 Å². The third-order valence-corrected chi connectivity index (χ3v) is 5.95. The number of nitrogens with zero attached hydrogens (tertiary/aromatic N) is 1. The maximum absolute atomic E-state index is 12.3. The van der Waals surface area contributed by atoms with Gasteiger partial charge in [-0.2, -0.15) is 5.06 Å². The molecule has 1 aromatic rings. The van der Waals surface area contributed by atoms with Gasteiger partial charge in [0.15, 0.2) is 0 Å². The van der Waals surface area contributed by atoms with Crippen LogP contribution in [0.2, 0.25) is 10.0 Å². The highest BCUT2D eigenvalue weighted by Crippen LogP contribution is 2.39. The summed E-state index contributed by atoms with van der Waals surface area (Å²) in [5, 5.41) is 1.53. The first-order valence-electron chi connectivity index (χ1n) is 6.16. The van der Waals surface area contributed by atoms with Gasteiger partial charge in [0.05, 0.1) is 22.7 Å². The Morgan fingerprint density at radius 3 is 2.80 bits per heavy atom. The lowest BCUT2D eigenvalue weighted by Crippen LogP contribution is -2.39. The van der Waals surface area contributed by atoms with Crippen molar-refractivity contribution in [2.45, 2.75) is 18.2 Å². The zero-order chi connectivity index (χ0) is 14.9. The summed E-state index contributed by atoms with van der Waals surface area (Å²) in [4.78, 5) is 5.37. The van der Waals surface area contributed by atoms with Gasteiger partial charge in [0, 0.05) is 13.6 Å². The Kier molecular flexibility index (Phi) is 4.94. The van der Waals surface area contributed by atoms with Crippen LogP contribution in [0.25, 0.3) is 0 Å². The highest BCUT2D eigenvalue weighted by molar-refractivity contribution is 7.90. The van der Waals surface area contributed by atoms with Crippen LogP contribution in [0.5, 0.6) is 0 Å². The Morgan fingerprint density at radius 1 is 1.45 bits per heavy atom. The first kappa shape index (κ1) is 16.0. The number of hydroxylamine groups is 2. The second kappa shape index (κ2) is 6.17. The molecule has 1 aliphatic rings. The van der Waals surface area contributed by atoms with Crippen molar-refractivity contribution in [1.29, 1.82) is 0 Å². The number of sulfonamides is 1. The highest BCUT2D eigenvalue weighted by atomic mass is 35.5. The van der Waals surface area contributed by atoms with E-state index in [1.54, 1.807) is 32.2 Å². The maximum Gasteiger partial charge on any atom is 0.218 e. The second-order valence-electron chi connectivity index (χ2n) is 4.51. The van der Waals surface area contributed by atoms with E-state index in [0.717, 1.165) is 0 Å². The molecule has 1 aromatic carbocycles. The number of halogens is 2. The second-order valence-corrected chi connectivity index (χ2v) is 7.28. The molecule has 0 saturated carbocycles. The molecule has 0 unspecified atom stereocenters. The molecule has 0 amide bonds. The number of hydrogen-bond donors (Lipinski definition) is 1. The number of hydrogen-bond acceptors (Lipinski definition) is 4. The Morgan fingerprint density at radius 2 is 2.15 bits per heavy atom. The van der Waals surface area contributed by atoms with Gasteiger partial charge in [-0.3, -0.25) is 4.84 Å². The summed E-state index contributed by atoms with van der Waals surface area (Å²) < 4.78 is 27.0. The standard InChI is InChI=1S/C12H16Cl2N2O3S/c1-3-15-20(17,18)10-7-19-16(2)12(10)8-5-4-6-9(13)11(8)14/h4-6,10,12,15H,3,7H2,1-2H3/t10-,12+/m0/s1. The van der Waals surface area contributed by atoms with Gasteiger partial charge < -0.3 is 0 Å². The van der Waals surface area contributed by atoms with Crippen molar-refractivity contribution in [1.82, 2.24) is 9.79 Å². The van der Waals surface area contributed by atoms with E-state index in [-0.39, 0.29) is 6.61 Å². The first-order valence-corrected chi connectivity index (χ1v) is 8.46. The van der Waals surface area contributed by atoms with E-state index in [1.165, 1.54) is 5.06 Å². The lowest BCUT2D eigenvalue weighted by molar-refractivity contribution is -0.110. The molecule has 2 rings (SSSR count). The summed E-state index contributed by atoms with van der Waals surface area (Å²) in [6, 6.07) is 4.67. The normalized spacial score (nSPS) is 24.2. The van der Waals surface area contributed by atoms with Gasteiger partial charge >= 0.3 is 0 Å². The predicted molar refractivity (Wildman–Crippen MR) is 79.3 cm³/mol. The fourth-order valence-corrected chi connectivity index (χ4v) is 4.24. The quantitative estimate of drug-likeness (QED) is 0.914. The lowest BCUT2D eigenvalue weighted by Gasteiger charge is -2.24. The van der Waals surface area contributed by atoms with Crippen LogP contribution in [0.15, 0.2) is 18.2 Å². The van der Waals surface area contributed by atoms with E-state index in [4.69, 9.17) is 28.0 Å². The third kappa shape index (κ3) is 2.95. The minimum atomic E-state index is -3.49. The molecule has 0 bridgehead atoms. The zero-order valence-corrected chi connectivity index (χ0v) is 13.5. The van der Waals surface area contributed by atoms with Crippen molar-refractivity contribution in [3.8, 4) is 0 Å². The van der Waals surface area contributed by atoms with E-state index in [0.29, 0.717) is 22.2 Å². The topological polar surface area (TPSA) is 58.6 Å². The van der Waals surface area contributed by atoms with Gasteiger partial charge in [-0.15, -0.1) is 0 Å². The molecule has 0 aliphatic carbocycles. The Balaban J connectivity index is 2.44. The van der Waals surface area contributed by atoms with Gasteiger partial charge in [0.1, 0.15) is 5.25 Å². The smallest absolute Gasteiger partial charge is 0.218 e. The monoisotopic (exact) mass is 338 g/mol. The van der Waals surface area contributed by atoms with Crippen LogP contribution in [-0.4, -0.2) is 38.9 Å². The lowest BCUT2D eigenvalue weighted by atomic mass is 10.0. The fraction of sp³-hybridized carbons (Fsp3) is 0.500. The van der Waals surface area contributed by atoms with Crippen LogP contribution in [0, 0.1) is 0 Å². The van der Waals surface area contributed by atoms with Crippen molar-refractivity contribution >= 4 is 33.2 Å². The molecule has 112 valence electrons. The largest absolute Gasteiger partial charge is 0.297 e. The van der Waals surface area contributed by atoms with Gasteiger partial charge in [0.25, 0.3) is 0 Å². The Bertz CT molecular complexity index is 594. The van der Waals surface area contributed by atoms with Crippen LogP contribution >= 0.6 is 23.2 Å². The summed E-state index contributed by atoms with van der Waals surface area (Å²) >= 11 is 12.2. The number of nitrogens with one attached hydrogen (secondary N) is 1. The molecule has 1 saturated heterocycles. The van der Waals surface area contributed by atoms with Crippen molar-refractivity contribution in [3.63, 3.8) is 0 Å². The van der Waals surface area contributed by atoms with E-state index < -0.39 is 21.3 Å². The van der Waals surface area contributed by atoms with E-state index in [1.807, 2.05) is 0 Å². The van der Waals surface area contributed by atoms with Crippen LogP contribution in [0.4, 0.5) is 0 Å². The molecular formula is C12H16Cl2N2O3S. The van der Waals surface area contributed by atoms with Gasteiger partial charge in [-0.1, -0.05) is 42.3 Å². The zero-order valence-electron chi connectivity index (χ0n) is 11.1. The molecule has 1 fully saturated rings. The van der Waals surface area contributed by atoms with E-state index in [9.17, 15) is 8.42 Å². The molecular weight excluding hydrogens is 323 g/mol. The first-order chi connectivity index (χ1) is 9.38. The number of rotatable bonds is 4. The molecule has 8 heteroatoms. The molecule has 20 heavy (non-hydrogen) atoms. The summed E-state index contributed by atoms with van der Waals surface area (Å²) in [6.45, 7) is 2.15. The predicted octanol–water partition coefficient (Wildman–Crippen LogP) is 2.22. The van der Waals surface area contributed by atoms with E-state index in [2.05, 4.69) is 4.72 Å². The molecule has 1 N–H and O–H groups in total. The SMILES string of the molecule is CCNS(=O)(=O)[C@H]1CON(C)[C@@H]1c1cccc(Cl)c1Cl. The van der Waals surface area contributed by atoms with Crippen molar-refractivity contribution in [2.24, 2.45) is 0 Å². The van der Waals surface area contributed by atoms with Crippen LogP contribution in [0.3, 0.4) is 0 Å². The molecule has 1 aliphatic heterocycles. The van der Waals surface area contributed by atoms with Crippen LogP contribution in [0.1, 0.15) is 18.5 Å². The fourth-order valence-electron chi connectivity index (χ4n) is 2.31. The summed E-state index contributed by atoms with van der Waals surface area (Å²) in [6.07, 6.45) is 0. The van der Waals surface area contributed by atoms with Crippen molar-refractivity contribution < 1.29 is 13.3 Å². The highest BCUT2D eigenvalue weighted by Gasteiger charge is 2.43. The van der Waals surface area contributed by atoms with Gasteiger partial charge in [-0.25, -0.2) is 13.1 Å². The number of benzene rings is 1. The molecule has 0 aromatic heterocycles. The summed E-state index contributed by atoms with van der Waals surface area (Å²) in [5.41, 5.74) is 0.644. The molecule has 2 atom stereocenters. The van der Waals surface area contributed by atoms with Crippen LogP contribution in [-0.2, 0) is 14.9 Å². The average Bonchev–Trinajstić information content (AvgIpc) is 2.75. The minimum absolute atomic E-state index is 0.0827. The molecule has 5 nitrogen and oxygen atoms in total. The maximum atomic E-state index is 12.3. The summed E-state index contributed by atoms with van der Waals surface area (Å²) in [5.74, 6) is 0. The molecule has 0 spiro atoms. The third-order valence-electron chi connectivity index (χ3n) is 3.23. The molecule has 1 heterocycles. The van der Waals surface area contributed by atoms with Gasteiger partial charge in [-0.05, 0) is 11.6 Å².